The van der Waals surface area contributed by atoms with Crippen molar-refractivity contribution < 1.29 is 28.0 Å². The number of nitrogens with two attached hydrogens (primary N) is 1. The first kappa shape index (κ1) is 26.1. The molecule has 1 saturated heterocycles. The molecular formula is C25H24ClF2N5O4. The van der Waals surface area contributed by atoms with Crippen LogP contribution >= 0.6 is 11.6 Å². The maximum Gasteiger partial charge on any atom is 0.323 e. The van der Waals surface area contributed by atoms with E-state index in [4.69, 9.17) is 17.3 Å². The summed E-state index contributed by atoms with van der Waals surface area (Å²) in [6, 6.07) is 6.88. The summed E-state index contributed by atoms with van der Waals surface area (Å²) in [6.07, 6.45) is -0.654. The molecule has 3 aromatic rings. The van der Waals surface area contributed by atoms with E-state index in [1.54, 1.807) is 30.3 Å². The Morgan fingerprint density at radius 1 is 1.14 bits per heavy atom. The Balaban J connectivity index is 1.60. The van der Waals surface area contributed by atoms with Gasteiger partial charge in [-0.15, -0.1) is 0 Å². The molecule has 1 aromatic heterocycles. The van der Waals surface area contributed by atoms with Crippen LogP contribution in [0.15, 0.2) is 48.7 Å². The van der Waals surface area contributed by atoms with Gasteiger partial charge in [0.1, 0.15) is 18.0 Å². The summed E-state index contributed by atoms with van der Waals surface area (Å²) >= 11 is 5.81. The Morgan fingerprint density at radius 2 is 1.86 bits per heavy atom. The second-order valence-electron chi connectivity index (χ2n) is 8.72. The van der Waals surface area contributed by atoms with Crippen LogP contribution in [0.5, 0.6) is 0 Å². The quantitative estimate of drug-likeness (QED) is 0.449. The van der Waals surface area contributed by atoms with Gasteiger partial charge in [-0.1, -0.05) is 41.9 Å². The molecule has 37 heavy (non-hydrogen) atoms. The molecule has 3 atom stereocenters. The van der Waals surface area contributed by atoms with Crippen LogP contribution in [-0.2, 0) is 16.0 Å². The number of fused-ring (bicyclic) bond motifs is 1. The number of nitrogens with zero attached hydrogens (tertiary/aromatic N) is 2. The van der Waals surface area contributed by atoms with E-state index < -0.39 is 54.4 Å². The summed E-state index contributed by atoms with van der Waals surface area (Å²) in [5.74, 6) is -1.79. The number of urea groups is 1. The van der Waals surface area contributed by atoms with Crippen molar-refractivity contribution in [3.05, 3.63) is 65.1 Å². The minimum atomic E-state index is -1.72. The number of aryl methyl sites for hydroxylation is 1. The number of rotatable bonds is 6. The van der Waals surface area contributed by atoms with E-state index in [0.717, 1.165) is 9.47 Å². The largest absolute Gasteiger partial charge is 0.351 e. The average Bonchev–Trinajstić information content (AvgIpc) is 3.37. The zero-order valence-corrected chi connectivity index (χ0v) is 20.5. The van der Waals surface area contributed by atoms with Gasteiger partial charge in [-0.2, -0.15) is 0 Å². The van der Waals surface area contributed by atoms with Crippen molar-refractivity contribution in [1.82, 2.24) is 14.8 Å². The molecule has 0 radical (unpaired) electrons. The van der Waals surface area contributed by atoms with Crippen molar-refractivity contribution >= 4 is 51.9 Å². The number of nitrogens with one attached hydrogen (secondary N) is 2. The highest BCUT2D eigenvalue weighted by Crippen LogP contribution is 2.29. The number of primary amides is 1. The van der Waals surface area contributed by atoms with Crippen molar-refractivity contribution in [3.8, 4) is 0 Å². The number of benzene rings is 2. The Morgan fingerprint density at radius 3 is 2.57 bits per heavy atom. The van der Waals surface area contributed by atoms with Crippen molar-refractivity contribution in [2.45, 2.75) is 38.0 Å². The van der Waals surface area contributed by atoms with Gasteiger partial charge < -0.3 is 21.3 Å². The molecule has 0 bridgehead atoms. The standard InChI is InChI=1S/C25H24ClF2N5O4/c1-13(34)30-22-17(27)11-33(23(22)20(35)10-9-14-5-4-7-16(26)21(14)28)25(37)31-18-12-32(24(29)36)19-8-3-2-6-15(18)19/h2-8,12,17,22-23H,9-11H2,1H3,(H2,29,36)(H,30,34)(H,31,37)/t17-,22+,23+/m0/s1. The SMILES string of the molecule is CC(=O)N[C@H]1[C@@H](C(=O)CCc2cccc(Cl)c2F)N(C(=O)Nc2cn(C(N)=O)c3ccccc23)C[C@@H]1F. The monoisotopic (exact) mass is 531 g/mol. The lowest BCUT2D eigenvalue weighted by Gasteiger charge is -2.27. The Kier molecular flexibility index (Phi) is 7.44. The fourth-order valence-corrected chi connectivity index (χ4v) is 4.78. The van der Waals surface area contributed by atoms with Gasteiger partial charge in [-0.25, -0.2) is 18.4 Å². The van der Waals surface area contributed by atoms with Crippen molar-refractivity contribution in [2.24, 2.45) is 5.73 Å². The molecule has 2 heterocycles. The number of carbonyl (C=O) groups excluding carboxylic acids is 4. The second-order valence-corrected chi connectivity index (χ2v) is 9.12. The molecule has 1 fully saturated rings. The van der Waals surface area contributed by atoms with Crippen molar-refractivity contribution in [2.75, 3.05) is 11.9 Å². The van der Waals surface area contributed by atoms with Crippen LogP contribution in [0.2, 0.25) is 5.02 Å². The number of para-hydroxylation sites is 1. The first-order valence-corrected chi connectivity index (χ1v) is 11.8. The number of anilines is 1. The highest BCUT2D eigenvalue weighted by molar-refractivity contribution is 6.30. The number of carbonyl (C=O) groups is 4. The van der Waals surface area contributed by atoms with Gasteiger partial charge in [0, 0.05) is 24.9 Å². The van der Waals surface area contributed by atoms with E-state index in [0.29, 0.717) is 10.9 Å². The van der Waals surface area contributed by atoms with Gasteiger partial charge >= 0.3 is 12.1 Å². The van der Waals surface area contributed by atoms with E-state index in [9.17, 15) is 23.6 Å². The molecule has 0 saturated carbocycles. The van der Waals surface area contributed by atoms with Crippen LogP contribution in [0.25, 0.3) is 10.9 Å². The second kappa shape index (κ2) is 10.6. The lowest BCUT2D eigenvalue weighted by atomic mass is 9.98. The average molecular weight is 532 g/mol. The fourth-order valence-electron chi connectivity index (χ4n) is 4.59. The minimum absolute atomic E-state index is 0.0347. The van der Waals surface area contributed by atoms with Crippen molar-refractivity contribution in [1.29, 1.82) is 0 Å². The lowest BCUT2D eigenvalue weighted by molar-refractivity contribution is -0.124. The molecule has 1 aliphatic rings. The van der Waals surface area contributed by atoms with Gasteiger partial charge in [0.05, 0.1) is 28.8 Å². The molecule has 2 aromatic carbocycles. The highest BCUT2D eigenvalue weighted by Gasteiger charge is 2.48. The predicted octanol–water partition coefficient (Wildman–Crippen LogP) is 3.62. The molecule has 4 amide bonds. The number of aromatic nitrogens is 1. The number of hydrogen-bond donors (Lipinski definition) is 3. The summed E-state index contributed by atoms with van der Waals surface area (Å²) in [5, 5.41) is 5.45. The smallest absolute Gasteiger partial charge is 0.323 e. The zero-order valence-electron chi connectivity index (χ0n) is 19.7. The first-order chi connectivity index (χ1) is 17.6. The van der Waals surface area contributed by atoms with Crippen LogP contribution in [0, 0.1) is 5.82 Å². The third-order valence-electron chi connectivity index (χ3n) is 6.26. The van der Waals surface area contributed by atoms with Gasteiger partial charge in [0.25, 0.3) is 0 Å². The van der Waals surface area contributed by atoms with Gasteiger partial charge in [-0.3, -0.25) is 14.2 Å². The first-order valence-electron chi connectivity index (χ1n) is 11.4. The zero-order chi connectivity index (χ0) is 26.9. The number of hydrogen-bond acceptors (Lipinski definition) is 4. The van der Waals surface area contributed by atoms with E-state index in [1.165, 1.54) is 25.3 Å². The van der Waals surface area contributed by atoms with E-state index in [-0.39, 0.29) is 29.1 Å². The molecule has 0 spiro atoms. The molecule has 9 nitrogen and oxygen atoms in total. The number of amides is 4. The molecule has 194 valence electrons. The summed E-state index contributed by atoms with van der Waals surface area (Å²) in [7, 11) is 0. The summed E-state index contributed by atoms with van der Waals surface area (Å²) in [4.78, 5) is 51.1. The Labute approximate surface area is 215 Å². The number of alkyl halides is 1. The number of likely N-dealkylation sites (tertiary alicyclic amines) is 1. The molecule has 0 unspecified atom stereocenters. The maximum atomic E-state index is 15.0. The third-order valence-corrected chi connectivity index (χ3v) is 6.55. The topological polar surface area (TPSA) is 127 Å². The predicted molar refractivity (Wildman–Crippen MR) is 134 cm³/mol. The maximum absolute atomic E-state index is 15.0. The van der Waals surface area contributed by atoms with Crippen LogP contribution < -0.4 is 16.4 Å². The molecule has 4 N–H and O–H groups in total. The highest BCUT2D eigenvalue weighted by atomic mass is 35.5. The van der Waals surface area contributed by atoms with Gasteiger partial charge in [0.2, 0.25) is 5.91 Å². The Hall–Kier alpha value is -3.99. The van der Waals surface area contributed by atoms with Crippen LogP contribution in [0.4, 0.5) is 24.1 Å². The van der Waals surface area contributed by atoms with Crippen LogP contribution in [0.1, 0.15) is 18.9 Å². The van der Waals surface area contributed by atoms with E-state index in [1.807, 2.05) is 0 Å². The number of ketones is 1. The van der Waals surface area contributed by atoms with E-state index in [2.05, 4.69) is 10.6 Å². The lowest BCUT2D eigenvalue weighted by Crippen LogP contribution is -2.53. The minimum Gasteiger partial charge on any atom is -0.351 e. The summed E-state index contributed by atoms with van der Waals surface area (Å²) in [6.45, 7) is 0.712. The van der Waals surface area contributed by atoms with Crippen LogP contribution in [0.3, 0.4) is 0 Å². The molecule has 0 aliphatic carbocycles. The number of halogens is 3. The van der Waals surface area contributed by atoms with Crippen molar-refractivity contribution in [3.63, 3.8) is 0 Å². The van der Waals surface area contributed by atoms with Gasteiger partial charge in [0.15, 0.2) is 5.78 Å². The van der Waals surface area contributed by atoms with Gasteiger partial charge in [-0.05, 0) is 24.1 Å². The number of Topliss-reactive ketones (excluding diaryl/α,β-unsaturated/α-hetero) is 1. The summed E-state index contributed by atoms with van der Waals surface area (Å²) in [5.41, 5.74) is 6.29. The Bertz CT molecular complexity index is 1390. The van der Waals surface area contributed by atoms with E-state index >= 15 is 4.39 Å². The summed E-state index contributed by atoms with van der Waals surface area (Å²) < 4.78 is 30.5. The normalized spacial score (nSPS) is 19.1. The third kappa shape index (κ3) is 5.26. The molecule has 1 aliphatic heterocycles. The molecule has 12 heteroatoms. The molecular weight excluding hydrogens is 508 g/mol. The molecule has 4 rings (SSSR count). The fraction of sp³-hybridized carbons (Fsp3) is 0.280. The van der Waals surface area contributed by atoms with Crippen LogP contribution in [-0.4, -0.2) is 58.0 Å².